The number of ether oxygens (including phenoxy) is 1. The van der Waals surface area contributed by atoms with Gasteiger partial charge in [0.2, 0.25) is 5.91 Å². The SMILES string of the molecule is O=C(O)[C@H]1Cc2ccccc2N1C(=O)C1(c2ccc(OC(F)(F)F)cc2)CC1. The van der Waals surface area contributed by atoms with Crippen LogP contribution in [-0.4, -0.2) is 29.4 Å². The molecule has 0 spiro atoms. The van der Waals surface area contributed by atoms with Gasteiger partial charge in [0.25, 0.3) is 0 Å². The first kappa shape index (κ1) is 18.3. The van der Waals surface area contributed by atoms with Crippen LogP contribution in [0.2, 0.25) is 0 Å². The predicted molar refractivity (Wildman–Crippen MR) is 93.1 cm³/mol. The third-order valence-corrected chi connectivity index (χ3v) is 5.28. The van der Waals surface area contributed by atoms with Crippen LogP contribution in [-0.2, 0) is 21.4 Å². The zero-order valence-corrected chi connectivity index (χ0v) is 14.6. The Bertz CT molecular complexity index is 935. The smallest absolute Gasteiger partial charge is 0.480 e. The molecule has 0 aromatic heterocycles. The molecule has 1 aliphatic heterocycles. The van der Waals surface area contributed by atoms with Gasteiger partial charge < -0.3 is 9.84 Å². The Morgan fingerprint density at radius 3 is 2.29 bits per heavy atom. The number of benzene rings is 2. The number of carboxylic acids is 1. The lowest BCUT2D eigenvalue weighted by molar-refractivity contribution is -0.274. The largest absolute Gasteiger partial charge is 0.573 e. The molecule has 2 aliphatic rings. The Kier molecular flexibility index (Phi) is 4.10. The van der Waals surface area contributed by atoms with E-state index in [4.69, 9.17) is 0 Å². The van der Waals surface area contributed by atoms with Gasteiger partial charge in [0.1, 0.15) is 11.8 Å². The fraction of sp³-hybridized carbons (Fsp3) is 0.300. The van der Waals surface area contributed by atoms with Gasteiger partial charge in [-0.15, -0.1) is 13.2 Å². The number of carbonyl (C=O) groups excluding carboxylic acids is 1. The summed E-state index contributed by atoms with van der Waals surface area (Å²) in [4.78, 5) is 26.4. The van der Waals surface area contributed by atoms with Crippen LogP contribution in [0.5, 0.6) is 5.75 Å². The molecule has 1 aliphatic carbocycles. The molecule has 0 bridgehead atoms. The zero-order valence-electron chi connectivity index (χ0n) is 14.6. The number of para-hydroxylation sites is 1. The third-order valence-electron chi connectivity index (χ3n) is 5.28. The van der Waals surface area contributed by atoms with E-state index in [2.05, 4.69) is 4.74 Å². The molecular weight excluding hydrogens is 375 g/mol. The van der Waals surface area contributed by atoms with E-state index in [1.807, 2.05) is 0 Å². The number of hydrogen-bond acceptors (Lipinski definition) is 3. The van der Waals surface area contributed by atoms with E-state index in [1.165, 1.54) is 29.2 Å². The van der Waals surface area contributed by atoms with Crippen LogP contribution in [0.1, 0.15) is 24.0 Å². The van der Waals surface area contributed by atoms with Crippen molar-refractivity contribution in [1.82, 2.24) is 0 Å². The molecule has 1 amide bonds. The number of hydrogen-bond donors (Lipinski definition) is 1. The van der Waals surface area contributed by atoms with Crippen LogP contribution in [0.4, 0.5) is 18.9 Å². The zero-order chi connectivity index (χ0) is 20.1. The predicted octanol–water partition coefficient (Wildman–Crippen LogP) is 3.66. The van der Waals surface area contributed by atoms with E-state index in [1.54, 1.807) is 24.3 Å². The number of fused-ring (bicyclic) bond motifs is 1. The molecule has 4 rings (SSSR count). The van der Waals surface area contributed by atoms with Gasteiger partial charge in [-0.25, -0.2) is 4.79 Å². The monoisotopic (exact) mass is 391 g/mol. The first-order valence-electron chi connectivity index (χ1n) is 8.72. The van der Waals surface area contributed by atoms with E-state index in [-0.39, 0.29) is 18.1 Å². The molecule has 28 heavy (non-hydrogen) atoms. The van der Waals surface area contributed by atoms with E-state index in [0.29, 0.717) is 24.1 Å². The Morgan fingerprint density at radius 2 is 1.71 bits per heavy atom. The molecular formula is C20H16F3NO4. The molecule has 1 heterocycles. The van der Waals surface area contributed by atoms with Crippen LogP contribution < -0.4 is 9.64 Å². The van der Waals surface area contributed by atoms with Gasteiger partial charge in [-0.05, 0) is 42.2 Å². The maximum absolute atomic E-state index is 13.4. The van der Waals surface area contributed by atoms with Gasteiger partial charge in [-0.1, -0.05) is 30.3 Å². The molecule has 2 aromatic carbocycles. The molecule has 1 saturated carbocycles. The van der Waals surface area contributed by atoms with Gasteiger partial charge >= 0.3 is 12.3 Å². The second-order valence-electron chi connectivity index (χ2n) is 7.02. The van der Waals surface area contributed by atoms with Crippen molar-refractivity contribution in [2.75, 3.05) is 4.90 Å². The maximum Gasteiger partial charge on any atom is 0.573 e. The van der Waals surface area contributed by atoms with Crippen molar-refractivity contribution in [3.63, 3.8) is 0 Å². The number of aliphatic carboxylic acids is 1. The lowest BCUT2D eigenvalue weighted by Gasteiger charge is -2.28. The maximum atomic E-state index is 13.4. The summed E-state index contributed by atoms with van der Waals surface area (Å²) < 4.78 is 40.9. The molecule has 1 atom stereocenters. The minimum absolute atomic E-state index is 0.228. The molecule has 1 fully saturated rings. The second kappa shape index (κ2) is 6.25. The molecule has 146 valence electrons. The fourth-order valence-electron chi connectivity index (χ4n) is 3.79. The van der Waals surface area contributed by atoms with E-state index in [9.17, 15) is 27.9 Å². The number of alkyl halides is 3. The highest BCUT2D eigenvalue weighted by Gasteiger charge is 2.56. The summed E-state index contributed by atoms with van der Waals surface area (Å²) in [5, 5.41) is 9.59. The van der Waals surface area contributed by atoms with Crippen molar-refractivity contribution < 1.29 is 32.6 Å². The van der Waals surface area contributed by atoms with E-state index < -0.39 is 23.8 Å². The van der Waals surface area contributed by atoms with Crippen LogP contribution in [0, 0.1) is 0 Å². The summed E-state index contributed by atoms with van der Waals surface area (Å²) in [7, 11) is 0. The number of halogens is 3. The summed E-state index contributed by atoms with van der Waals surface area (Å²) in [6.45, 7) is 0. The summed E-state index contributed by atoms with van der Waals surface area (Å²) in [5.41, 5.74) is 0.999. The summed E-state index contributed by atoms with van der Waals surface area (Å²) in [6.07, 6.45) is -3.54. The highest BCUT2D eigenvalue weighted by molar-refractivity contribution is 6.08. The van der Waals surface area contributed by atoms with Gasteiger partial charge in [0.05, 0.1) is 5.41 Å². The van der Waals surface area contributed by atoms with E-state index >= 15 is 0 Å². The van der Waals surface area contributed by atoms with Crippen LogP contribution in [0.3, 0.4) is 0 Å². The topological polar surface area (TPSA) is 66.8 Å². The second-order valence-corrected chi connectivity index (χ2v) is 7.02. The molecule has 8 heteroatoms. The molecule has 5 nitrogen and oxygen atoms in total. The number of anilines is 1. The highest BCUT2D eigenvalue weighted by atomic mass is 19.4. The van der Waals surface area contributed by atoms with Crippen molar-refractivity contribution in [3.8, 4) is 5.75 Å². The van der Waals surface area contributed by atoms with Gasteiger partial charge in [0.15, 0.2) is 0 Å². The molecule has 2 aromatic rings. The van der Waals surface area contributed by atoms with Crippen LogP contribution >= 0.6 is 0 Å². The van der Waals surface area contributed by atoms with E-state index in [0.717, 1.165) is 5.56 Å². The Morgan fingerprint density at radius 1 is 1.07 bits per heavy atom. The van der Waals surface area contributed by atoms with Crippen molar-refractivity contribution >= 4 is 17.6 Å². The molecule has 0 radical (unpaired) electrons. The van der Waals surface area contributed by atoms with Crippen molar-refractivity contribution in [2.24, 2.45) is 0 Å². The number of carboxylic acid groups (broad SMARTS) is 1. The van der Waals surface area contributed by atoms with Gasteiger partial charge in [-0.2, -0.15) is 0 Å². The standard InChI is InChI=1S/C20H16F3NO4/c21-20(22,23)28-14-7-5-13(6-8-14)19(9-10-19)18(27)24-15-4-2-1-3-12(15)11-16(24)17(25)26/h1-8,16H,9-11H2,(H,25,26)/t16-/m1/s1. The van der Waals surface area contributed by atoms with Crippen LogP contribution in [0.25, 0.3) is 0 Å². The Hall–Kier alpha value is -3.03. The summed E-state index contributed by atoms with van der Waals surface area (Å²) in [6, 6.07) is 11.3. The lowest BCUT2D eigenvalue weighted by atomic mass is 9.93. The van der Waals surface area contributed by atoms with Crippen molar-refractivity contribution in [2.45, 2.75) is 37.1 Å². The number of nitrogens with zero attached hydrogens (tertiary/aromatic N) is 1. The Balaban J connectivity index is 1.64. The van der Waals surface area contributed by atoms with Crippen LogP contribution in [0.15, 0.2) is 48.5 Å². The molecule has 1 N–H and O–H groups in total. The summed E-state index contributed by atoms with van der Waals surface area (Å²) in [5.74, 6) is -1.79. The van der Waals surface area contributed by atoms with Gasteiger partial charge in [-0.3, -0.25) is 9.69 Å². The minimum atomic E-state index is -4.79. The minimum Gasteiger partial charge on any atom is -0.480 e. The highest BCUT2D eigenvalue weighted by Crippen LogP contribution is 2.52. The average Bonchev–Trinajstić information content (AvgIpc) is 3.34. The number of rotatable bonds is 4. The third kappa shape index (κ3) is 3.08. The fourth-order valence-corrected chi connectivity index (χ4v) is 3.79. The molecule has 0 unspecified atom stereocenters. The van der Waals surface area contributed by atoms with Crippen molar-refractivity contribution in [3.05, 3.63) is 59.7 Å². The van der Waals surface area contributed by atoms with Crippen molar-refractivity contribution in [1.29, 1.82) is 0 Å². The molecule has 0 saturated heterocycles. The number of amides is 1. The first-order valence-corrected chi connectivity index (χ1v) is 8.72. The quantitative estimate of drug-likeness (QED) is 0.864. The summed E-state index contributed by atoms with van der Waals surface area (Å²) >= 11 is 0. The van der Waals surface area contributed by atoms with Gasteiger partial charge in [0, 0.05) is 12.1 Å². The normalized spacial score (nSPS) is 19.8. The average molecular weight is 391 g/mol. The Labute approximate surface area is 158 Å². The first-order chi connectivity index (χ1) is 13.2. The lowest BCUT2D eigenvalue weighted by Crippen LogP contribution is -2.47. The number of carbonyl (C=O) groups is 2.